The molecule has 1 saturated heterocycles. The summed E-state index contributed by atoms with van der Waals surface area (Å²) in [5.41, 5.74) is 1.10. The molecule has 0 bridgehead atoms. The first-order chi connectivity index (χ1) is 8.33. The molecule has 0 unspecified atom stereocenters. The van der Waals surface area contributed by atoms with Gasteiger partial charge in [0.1, 0.15) is 0 Å². The third kappa shape index (κ3) is 2.49. The number of ether oxygens (including phenoxy) is 1. The minimum atomic E-state index is 0.434. The van der Waals surface area contributed by atoms with Gasteiger partial charge in [0.25, 0.3) is 0 Å². The highest BCUT2D eigenvalue weighted by molar-refractivity contribution is 6.31. The molecule has 1 saturated carbocycles. The minimum Gasteiger partial charge on any atom is -0.373 e. The first kappa shape index (κ1) is 11.5. The monoisotopic (exact) mass is 251 g/mol. The maximum absolute atomic E-state index is 6.12. The number of hydrogen-bond acceptors (Lipinski definition) is 2. The fourth-order valence-corrected chi connectivity index (χ4v) is 3.26. The Kier molecular flexibility index (Phi) is 3.37. The van der Waals surface area contributed by atoms with E-state index in [9.17, 15) is 0 Å². The van der Waals surface area contributed by atoms with Gasteiger partial charge in [0, 0.05) is 5.02 Å². The van der Waals surface area contributed by atoms with E-state index >= 15 is 0 Å². The second kappa shape index (κ2) is 4.97. The molecule has 17 heavy (non-hydrogen) atoms. The second-order valence-electron chi connectivity index (χ2n) is 5.17. The summed E-state index contributed by atoms with van der Waals surface area (Å²) in [5, 5.41) is 4.26. The van der Waals surface area contributed by atoms with Gasteiger partial charge in [0.15, 0.2) is 0 Å². The molecule has 2 fully saturated rings. The number of rotatable bonds is 3. The molecule has 3 rings (SSSR count). The molecule has 1 aromatic rings. The molecule has 0 spiro atoms. The Morgan fingerprint density at radius 2 is 1.88 bits per heavy atom. The molecule has 1 aliphatic heterocycles. The molecule has 1 aliphatic carbocycles. The average Bonchev–Trinajstić information content (AvgIpc) is 2.88. The van der Waals surface area contributed by atoms with Crippen LogP contribution in [0.5, 0.6) is 0 Å². The van der Waals surface area contributed by atoms with E-state index < -0.39 is 0 Å². The largest absolute Gasteiger partial charge is 0.373 e. The predicted octanol–water partition coefficient (Wildman–Crippen LogP) is 2.85. The normalized spacial score (nSPS) is 28.5. The van der Waals surface area contributed by atoms with Gasteiger partial charge in [0.05, 0.1) is 12.7 Å². The van der Waals surface area contributed by atoms with Crippen LogP contribution in [0.4, 0.5) is 0 Å². The molecule has 0 aromatic heterocycles. The number of fused-ring (bicyclic) bond motifs is 1. The topological polar surface area (TPSA) is 21.3 Å². The van der Waals surface area contributed by atoms with E-state index in [-0.39, 0.29) is 0 Å². The lowest BCUT2D eigenvalue weighted by molar-refractivity contribution is 0.0405. The van der Waals surface area contributed by atoms with Crippen LogP contribution >= 0.6 is 11.6 Å². The van der Waals surface area contributed by atoms with E-state index in [1.165, 1.54) is 25.9 Å². The van der Waals surface area contributed by atoms with E-state index in [1.807, 2.05) is 24.3 Å². The number of halogens is 1. The van der Waals surface area contributed by atoms with Crippen molar-refractivity contribution in [1.82, 2.24) is 5.32 Å². The van der Waals surface area contributed by atoms with Crippen molar-refractivity contribution in [2.75, 3.05) is 13.1 Å². The zero-order valence-corrected chi connectivity index (χ0v) is 10.6. The summed E-state index contributed by atoms with van der Waals surface area (Å²) in [6.07, 6.45) is 2.85. The predicted molar refractivity (Wildman–Crippen MR) is 69.1 cm³/mol. The van der Waals surface area contributed by atoms with Gasteiger partial charge < -0.3 is 10.1 Å². The lowest BCUT2D eigenvalue weighted by atomic mass is 10.0. The van der Waals surface area contributed by atoms with Crippen LogP contribution in [-0.2, 0) is 11.3 Å². The third-order valence-corrected chi connectivity index (χ3v) is 4.41. The summed E-state index contributed by atoms with van der Waals surface area (Å²) in [6.45, 7) is 3.00. The van der Waals surface area contributed by atoms with Crippen LogP contribution in [0.3, 0.4) is 0 Å². The first-order valence-electron chi connectivity index (χ1n) is 6.38. The zero-order valence-electron chi connectivity index (χ0n) is 9.86. The summed E-state index contributed by atoms with van der Waals surface area (Å²) in [5.74, 6) is 1.68. The van der Waals surface area contributed by atoms with Crippen LogP contribution in [0, 0.1) is 11.8 Å². The van der Waals surface area contributed by atoms with Crippen molar-refractivity contribution in [2.24, 2.45) is 11.8 Å². The number of nitrogens with one attached hydrogen (secondary N) is 1. The van der Waals surface area contributed by atoms with Gasteiger partial charge in [-0.15, -0.1) is 0 Å². The van der Waals surface area contributed by atoms with Gasteiger partial charge in [-0.3, -0.25) is 0 Å². The molecule has 2 aliphatic rings. The van der Waals surface area contributed by atoms with Gasteiger partial charge in [-0.05, 0) is 49.4 Å². The van der Waals surface area contributed by atoms with Crippen molar-refractivity contribution in [3.63, 3.8) is 0 Å². The van der Waals surface area contributed by atoms with Crippen molar-refractivity contribution < 1.29 is 4.74 Å². The molecule has 1 heterocycles. The van der Waals surface area contributed by atoms with Crippen molar-refractivity contribution in [2.45, 2.75) is 25.6 Å². The van der Waals surface area contributed by atoms with E-state index in [4.69, 9.17) is 16.3 Å². The summed E-state index contributed by atoms with van der Waals surface area (Å²) in [6, 6.07) is 7.93. The highest BCUT2D eigenvalue weighted by Gasteiger charge is 2.37. The highest BCUT2D eigenvalue weighted by atomic mass is 35.5. The Morgan fingerprint density at radius 1 is 1.18 bits per heavy atom. The summed E-state index contributed by atoms with van der Waals surface area (Å²) < 4.78 is 5.99. The van der Waals surface area contributed by atoms with Crippen LogP contribution in [0.15, 0.2) is 24.3 Å². The second-order valence-corrected chi connectivity index (χ2v) is 5.58. The SMILES string of the molecule is Clc1ccccc1COC1C[C@@H]2CNC[C@H]2C1. The third-order valence-electron chi connectivity index (χ3n) is 4.04. The Labute approximate surface area is 107 Å². The highest BCUT2D eigenvalue weighted by Crippen LogP contribution is 2.36. The fraction of sp³-hybridized carbons (Fsp3) is 0.571. The lowest BCUT2D eigenvalue weighted by Crippen LogP contribution is -2.16. The molecule has 2 atom stereocenters. The quantitative estimate of drug-likeness (QED) is 0.892. The lowest BCUT2D eigenvalue weighted by Gasteiger charge is -2.13. The maximum atomic E-state index is 6.12. The zero-order chi connectivity index (χ0) is 11.7. The molecule has 0 radical (unpaired) electrons. The molecule has 1 aromatic carbocycles. The molecule has 3 heteroatoms. The van der Waals surface area contributed by atoms with Gasteiger partial charge in [-0.25, -0.2) is 0 Å². The van der Waals surface area contributed by atoms with E-state index in [0.717, 1.165) is 22.4 Å². The average molecular weight is 252 g/mol. The summed E-state index contributed by atoms with van der Waals surface area (Å²) >= 11 is 6.12. The molecular formula is C14H18ClNO. The van der Waals surface area contributed by atoms with Crippen LogP contribution in [0.1, 0.15) is 18.4 Å². The van der Waals surface area contributed by atoms with Crippen LogP contribution < -0.4 is 5.32 Å². The van der Waals surface area contributed by atoms with Gasteiger partial charge in [-0.2, -0.15) is 0 Å². The van der Waals surface area contributed by atoms with Crippen molar-refractivity contribution in [3.05, 3.63) is 34.9 Å². The summed E-state index contributed by atoms with van der Waals surface area (Å²) in [4.78, 5) is 0. The first-order valence-corrected chi connectivity index (χ1v) is 6.76. The smallest absolute Gasteiger partial charge is 0.0735 e. The van der Waals surface area contributed by atoms with Crippen molar-refractivity contribution >= 4 is 11.6 Å². The van der Waals surface area contributed by atoms with Crippen LogP contribution in [0.25, 0.3) is 0 Å². The van der Waals surface area contributed by atoms with Crippen LogP contribution in [0.2, 0.25) is 5.02 Å². The molecule has 92 valence electrons. The molecule has 2 nitrogen and oxygen atoms in total. The molecule has 0 amide bonds. The minimum absolute atomic E-state index is 0.434. The summed E-state index contributed by atoms with van der Waals surface area (Å²) in [7, 11) is 0. The van der Waals surface area contributed by atoms with E-state index in [1.54, 1.807) is 0 Å². The van der Waals surface area contributed by atoms with Gasteiger partial charge >= 0.3 is 0 Å². The Bertz CT molecular complexity index is 384. The van der Waals surface area contributed by atoms with Crippen LogP contribution in [-0.4, -0.2) is 19.2 Å². The molecule has 1 N–H and O–H groups in total. The van der Waals surface area contributed by atoms with Gasteiger partial charge in [-0.1, -0.05) is 29.8 Å². The Hall–Kier alpha value is -0.570. The maximum Gasteiger partial charge on any atom is 0.0735 e. The van der Waals surface area contributed by atoms with Crippen molar-refractivity contribution in [3.8, 4) is 0 Å². The van der Waals surface area contributed by atoms with E-state index in [0.29, 0.717) is 12.7 Å². The Morgan fingerprint density at radius 3 is 2.59 bits per heavy atom. The number of benzene rings is 1. The van der Waals surface area contributed by atoms with E-state index in [2.05, 4.69) is 5.32 Å². The van der Waals surface area contributed by atoms with Crippen molar-refractivity contribution in [1.29, 1.82) is 0 Å². The standard InChI is InChI=1S/C14H18ClNO/c15-14-4-2-1-3-10(14)9-17-13-5-11-7-16-8-12(11)6-13/h1-4,11-13,16H,5-9H2/t11-,12-/m1/s1. The Balaban J connectivity index is 1.54. The molecular weight excluding hydrogens is 234 g/mol. The number of hydrogen-bond donors (Lipinski definition) is 1. The van der Waals surface area contributed by atoms with Gasteiger partial charge in [0.2, 0.25) is 0 Å². The fourth-order valence-electron chi connectivity index (χ4n) is 3.07.